The summed E-state index contributed by atoms with van der Waals surface area (Å²) in [6.07, 6.45) is 4.86. The van der Waals surface area contributed by atoms with Crippen LogP contribution in [0, 0.1) is 5.92 Å². The van der Waals surface area contributed by atoms with Crippen molar-refractivity contribution in [1.82, 2.24) is 0 Å². The molecule has 0 aromatic heterocycles. The van der Waals surface area contributed by atoms with Gasteiger partial charge in [0.25, 0.3) is 10.1 Å². The first-order chi connectivity index (χ1) is 11.1. The minimum atomic E-state index is -5.08. The molecule has 0 aliphatic rings. The molecular weight excluding hydrogens is 336 g/mol. The van der Waals surface area contributed by atoms with Gasteiger partial charge in [0.2, 0.25) is 4.75 Å². The van der Waals surface area contributed by atoms with E-state index in [1.165, 1.54) is 0 Å². The van der Waals surface area contributed by atoms with Crippen molar-refractivity contribution in [1.29, 1.82) is 0 Å². The second kappa shape index (κ2) is 10.7. The highest BCUT2D eigenvalue weighted by atomic mass is 32.2. The summed E-state index contributed by atoms with van der Waals surface area (Å²) in [7, 11) is -5.08. The van der Waals surface area contributed by atoms with Crippen LogP contribution in [0.3, 0.4) is 0 Å². The van der Waals surface area contributed by atoms with Gasteiger partial charge >= 0.3 is 11.9 Å². The molecule has 7 nitrogen and oxygen atoms in total. The molecule has 0 fully saturated rings. The Labute approximate surface area is 144 Å². The first kappa shape index (κ1) is 22.9. The number of hydrogen-bond acceptors (Lipinski definition) is 4. The molecule has 0 aromatic rings. The van der Waals surface area contributed by atoms with Crippen molar-refractivity contribution in [3.8, 4) is 0 Å². The Bertz CT molecular complexity index is 501. The molecule has 2 atom stereocenters. The van der Waals surface area contributed by atoms with E-state index >= 15 is 0 Å². The third kappa shape index (κ3) is 6.05. The molecule has 3 N–H and O–H groups in total. The van der Waals surface area contributed by atoms with Crippen LogP contribution in [-0.2, 0) is 19.7 Å². The molecule has 0 amide bonds. The summed E-state index contributed by atoms with van der Waals surface area (Å²) < 4.78 is 30.7. The monoisotopic (exact) mass is 366 g/mol. The molecule has 2 unspecified atom stereocenters. The molecule has 0 aromatic carbocycles. The van der Waals surface area contributed by atoms with Crippen LogP contribution in [0.2, 0.25) is 0 Å². The largest absolute Gasteiger partial charge is 0.481 e. The first-order valence-electron chi connectivity index (χ1n) is 8.58. The quantitative estimate of drug-likeness (QED) is 0.317. The van der Waals surface area contributed by atoms with E-state index in [4.69, 9.17) is 0 Å². The maximum absolute atomic E-state index is 11.9. The van der Waals surface area contributed by atoms with E-state index in [1.54, 1.807) is 0 Å². The number of hydrogen-bond donors (Lipinski definition) is 3. The lowest BCUT2D eigenvalue weighted by molar-refractivity contribution is -0.152. The molecule has 24 heavy (non-hydrogen) atoms. The molecule has 0 aliphatic carbocycles. The van der Waals surface area contributed by atoms with Crippen molar-refractivity contribution in [3.05, 3.63) is 0 Å². The fourth-order valence-corrected chi connectivity index (χ4v) is 4.20. The summed E-state index contributed by atoms with van der Waals surface area (Å²) in [5.74, 6) is -4.95. The van der Waals surface area contributed by atoms with Crippen LogP contribution >= 0.6 is 0 Å². The average molecular weight is 366 g/mol. The zero-order valence-corrected chi connectivity index (χ0v) is 15.3. The van der Waals surface area contributed by atoms with Gasteiger partial charge in [-0.2, -0.15) is 8.42 Å². The fraction of sp³-hybridized carbons (Fsp3) is 0.875. The van der Waals surface area contributed by atoms with Crippen molar-refractivity contribution in [3.63, 3.8) is 0 Å². The molecule has 0 bridgehead atoms. The minimum Gasteiger partial charge on any atom is -0.481 e. The molecule has 0 rings (SSSR count). The van der Waals surface area contributed by atoms with E-state index in [0.29, 0.717) is 19.3 Å². The first-order valence-corrected chi connectivity index (χ1v) is 10.0. The molecule has 8 heteroatoms. The zero-order chi connectivity index (χ0) is 18.8. The van der Waals surface area contributed by atoms with Crippen molar-refractivity contribution in [2.45, 2.75) is 82.8 Å². The number of carboxylic acids is 2. The molecule has 0 heterocycles. The van der Waals surface area contributed by atoms with Crippen LogP contribution in [0.4, 0.5) is 0 Å². The third-order valence-electron chi connectivity index (χ3n) is 4.43. The van der Waals surface area contributed by atoms with Crippen LogP contribution in [-0.4, -0.2) is 39.9 Å². The third-order valence-corrected chi connectivity index (χ3v) is 6.02. The van der Waals surface area contributed by atoms with E-state index in [1.807, 2.05) is 13.8 Å². The van der Waals surface area contributed by atoms with Crippen LogP contribution in [0.1, 0.15) is 78.1 Å². The summed E-state index contributed by atoms with van der Waals surface area (Å²) in [6.45, 7) is 3.92. The van der Waals surface area contributed by atoms with Crippen molar-refractivity contribution in [2.24, 2.45) is 5.92 Å². The Morgan fingerprint density at radius 3 is 1.79 bits per heavy atom. The molecule has 0 aliphatic heterocycles. The van der Waals surface area contributed by atoms with Crippen molar-refractivity contribution >= 4 is 22.1 Å². The summed E-state index contributed by atoms with van der Waals surface area (Å²) in [5.41, 5.74) is 0. The van der Waals surface area contributed by atoms with Crippen LogP contribution < -0.4 is 0 Å². The smallest absolute Gasteiger partial charge is 0.328 e. The van der Waals surface area contributed by atoms with E-state index in [-0.39, 0.29) is 12.8 Å². The minimum absolute atomic E-state index is 0.0881. The highest BCUT2D eigenvalue weighted by Gasteiger charge is 2.58. The van der Waals surface area contributed by atoms with E-state index in [0.717, 1.165) is 25.7 Å². The van der Waals surface area contributed by atoms with E-state index in [9.17, 15) is 32.8 Å². The second-order valence-electron chi connectivity index (χ2n) is 6.22. The lowest BCUT2D eigenvalue weighted by atomic mass is 9.83. The van der Waals surface area contributed by atoms with Gasteiger partial charge in [0, 0.05) is 0 Å². The van der Waals surface area contributed by atoms with Gasteiger partial charge in [-0.25, -0.2) is 0 Å². The highest BCUT2D eigenvalue weighted by Crippen LogP contribution is 2.36. The predicted octanol–water partition coefficient (Wildman–Crippen LogP) is 3.34. The Morgan fingerprint density at radius 2 is 1.42 bits per heavy atom. The van der Waals surface area contributed by atoms with Crippen LogP contribution in [0.25, 0.3) is 0 Å². The molecule has 0 radical (unpaired) electrons. The SMILES string of the molecule is CCCCCCC(C(=O)O)C(CCCCCC)(C(=O)O)S(=O)(=O)O. The van der Waals surface area contributed by atoms with Gasteiger partial charge < -0.3 is 10.2 Å². The molecule has 0 spiro atoms. The summed E-state index contributed by atoms with van der Waals surface area (Å²) in [5, 5.41) is 19.0. The average Bonchev–Trinajstić information content (AvgIpc) is 2.46. The predicted molar refractivity (Wildman–Crippen MR) is 90.6 cm³/mol. The highest BCUT2D eigenvalue weighted by molar-refractivity contribution is 7.88. The van der Waals surface area contributed by atoms with E-state index in [2.05, 4.69) is 0 Å². The van der Waals surface area contributed by atoms with Crippen molar-refractivity contribution in [2.75, 3.05) is 0 Å². The van der Waals surface area contributed by atoms with Crippen molar-refractivity contribution < 1.29 is 32.8 Å². The van der Waals surface area contributed by atoms with Gasteiger partial charge in [-0.15, -0.1) is 0 Å². The number of carbonyl (C=O) groups is 2. The van der Waals surface area contributed by atoms with E-state index < -0.39 is 39.1 Å². The normalized spacial score (nSPS) is 15.6. The number of unbranched alkanes of at least 4 members (excludes halogenated alkanes) is 6. The van der Waals surface area contributed by atoms with Gasteiger partial charge in [-0.1, -0.05) is 65.2 Å². The van der Waals surface area contributed by atoms with Crippen LogP contribution in [0.15, 0.2) is 0 Å². The second-order valence-corrected chi connectivity index (χ2v) is 7.90. The fourth-order valence-electron chi connectivity index (χ4n) is 3.00. The summed E-state index contributed by atoms with van der Waals surface area (Å²) in [4.78, 5) is 23.4. The molecule has 0 saturated carbocycles. The van der Waals surface area contributed by atoms with Gasteiger partial charge in [0.15, 0.2) is 0 Å². The van der Waals surface area contributed by atoms with Gasteiger partial charge in [-0.05, 0) is 12.8 Å². The lowest BCUT2D eigenvalue weighted by Crippen LogP contribution is -2.55. The van der Waals surface area contributed by atoms with Crippen LogP contribution in [0.5, 0.6) is 0 Å². The van der Waals surface area contributed by atoms with Gasteiger partial charge in [-0.3, -0.25) is 14.1 Å². The van der Waals surface area contributed by atoms with Gasteiger partial charge in [0.1, 0.15) is 0 Å². The topological polar surface area (TPSA) is 129 Å². The Kier molecular flexibility index (Phi) is 10.1. The number of rotatable bonds is 14. The Hall–Kier alpha value is -1.15. The maximum Gasteiger partial charge on any atom is 0.328 e. The maximum atomic E-state index is 11.9. The molecule has 142 valence electrons. The summed E-state index contributed by atoms with van der Waals surface area (Å²) >= 11 is 0. The Morgan fingerprint density at radius 1 is 0.917 bits per heavy atom. The standard InChI is InChI=1S/C16H30O7S/c1-3-5-7-9-11-13(14(17)18)16(15(19)20,24(21,22)23)12-10-8-6-4-2/h13H,3-12H2,1-2H3,(H,17,18)(H,19,20)(H,21,22,23). The van der Waals surface area contributed by atoms with Gasteiger partial charge in [0.05, 0.1) is 5.92 Å². The number of aliphatic carboxylic acids is 2. The lowest BCUT2D eigenvalue weighted by Gasteiger charge is -2.32. The molecular formula is C16H30O7S. The Balaban J connectivity index is 5.57. The summed E-state index contributed by atoms with van der Waals surface area (Å²) in [6, 6.07) is 0. The zero-order valence-electron chi connectivity index (χ0n) is 14.5. The molecule has 0 saturated heterocycles. The number of carboxylic acid groups (broad SMARTS) is 2.